The molecule has 0 radical (unpaired) electrons. The van der Waals surface area contributed by atoms with Crippen LogP contribution in [0.4, 0.5) is 14.5 Å². The number of hydrogen-bond donors (Lipinski definition) is 3. The molecule has 1 unspecified atom stereocenters. The van der Waals surface area contributed by atoms with Gasteiger partial charge in [0.1, 0.15) is 12.4 Å². The Morgan fingerprint density at radius 3 is 2.36 bits per heavy atom. The van der Waals surface area contributed by atoms with Gasteiger partial charge in [0.15, 0.2) is 11.6 Å². The number of anilines is 1. The van der Waals surface area contributed by atoms with E-state index >= 15 is 0 Å². The first kappa shape index (κ1) is 23.5. The highest BCUT2D eigenvalue weighted by molar-refractivity contribution is 7.60. The van der Waals surface area contributed by atoms with Crippen molar-refractivity contribution in [3.8, 4) is 5.75 Å². The standard InChI is InChI=1S/C19H23F2NO2.HNO2S/c1-14-5-8-17(9-6-14)24-13-16(23)4-2-3-11-22-15-7-10-18(20)19(21)12-15;1-4(2)3/h5-10,12,16,22-23H,2-4,11,13H2,1H3;1H. The molecule has 0 fully saturated rings. The lowest BCUT2D eigenvalue weighted by atomic mass is 10.1. The van der Waals surface area contributed by atoms with Crippen LogP contribution in [0.5, 0.6) is 5.75 Å². The van der Waals surface area contributed by atoms with E-state index in [1.165, 1.54) is 6.07 Å². The minimum atomic E-state index is -2.61. The van der Waals surface area contributed by atoms with E-state index in [-0.39, 0.29) is 6.61 Å². The Morgan fingerprint density at radius 2 is 1.75 bits per heavy atom. The molecule has 0 aliphatic carbocycles. The van der Waals surface area contributed by atoms with Crippen LogP contribution >= 0.6 is 0 Å². The summed E-state index contributed by atoms with van der Waals surface area (Å²) in [6, 6.07) is 11.4. The highest BCUT2D eigenvalue weighted by atomic mass is 32.2. The number of ether oxygens (including phenoxy) is 1. The molecule has 0 heterocycles. The number of rotatable bonds is 9. The van der Waals surface area contributed by atoms with Crippen LogP contribution in [0.2, 0.25) is 0 Å². The molecule has 0 bridgehead atoms. The second-order valence-electron chi connectivity index (χ2n) is 6.06. The Balaban J connectivity index is 0.000000892. The van der Waals surface area contributed by atoms with Gasteiger partial charge in [0, 0.05) is 12.2 Å². The normalized spacial score (nSPS) is 11.1. The molecule has 0 saturated carbocycles. The van der Waals surface area contributed by atoms with Crippen molar-refractivity contribution >= 4 is 16.2 Å². The highest BCUT2D eigenvalue weighted by Crippen LogP contribution is 2.14. The van der Waals surface area contributed by atoms with Crippen LogP contribution in [0.25, 0.3) is 0 Å². The number of nitrogens with one attached hydrogen (secondary N) is 2. The molecule has 154 valence electrons. The lowest BCUT2D eigenvalue weighted by Crippen LogP contribution is -2.17. The fourth-order valence-corrected chi connectivity index (χ4v) is 2.25. The summed E-state index contributed by atoms with van der Waals surface area (Å²) in [5.41, 5.74) is 1.72. The predicted octanol–water partition coefficient (Wildman–Crippen LogP) is 3.92. The molecule has 0 aromatic heterocycles. The molecule has 0 aliphatic rings. The molecule has 3 N–H and O–H groups in total. The van der Waals surface area contributed by atoms with Crippen molar-refractivity contribution in [1.29, 1.82) is 4.78 Å². The lowest BCUT2D eigenvalue weighted by Gasteiger charge is -2.13. The summed E-state index contributed by atoms with van der Waals surface area (Å²) in [6.07, 6.45) is 1.75. The summed E-state index contributed by atoms with van der Waals surface area (Å²) in [4.78, 5) is 0. The molecule has 2 aromatic carbocycles. The van der Waals surface area contributed by atoms with E-state index in [2.05, 4.69) is 5.32 Å². The van der Waals surface area contributed by atoms with Gasteiger partial charge >= 0.3 is 10.5 Å². The monoisotopic (exact) mass is 414 g/mol. The van der Waals surface area contributed by atoms with Crippen LogP contribution in [-0.4, -0.2) is 32.8 Å². The molecule has 0 saturated heterocycles. The summed E-state index contributed by atoms with van der Waals surface area (Å²) in [6.45, 7) is 2.91. The van der Waals surface area contributed by atoms with Crippen LogP contribution < -0.4 is 10.1 Å². The van der Waals surface area contributed by atoms with Crippen molar-refractivity contribution in [3.05, 3.63) is 59.7 Å². The third kappa shape index (κ3) is 10.6. The SMILES string of the molecule is Cc1ccc(OCC(O)CCCCNc2ccc(F)c(F)c2)cc1.N=S(=O)=O. The van der Waals surface area contributed by atoms with E-state index in [9.17, 15) is 13.9 Å². The maximum Gasteiger partial charge on any atom is 0.308 e. The van der Waals surface area contributed by atoms with Crippen molar-refractivity contribution in [2.45, 2.75) is 32.3 Å². The van der Waals surface area contributed by atoms with Crippen LogP contribution in [0.15, 0.2) is 42.5 Å². The Hall–Kier alpha value is -2.52. The van der Waals surface area contributed by atoms with Gasteiger partial charge in [-0.25, -0.2) is 8.78 Å². The smallest absolute Gasteiger partial charge is 0.308 e. The van der Waals surface area contributed by atoms with Crippen LogP contribution in [-0.2, 0) is 10.5 Å². The maximum atomic E-state index is 13.0. The van der Waals surface area contributed by atoms with Gasteiger partial charge in [-0.3, -0.25) is 0 Å². The number of hydrogen-bond acceptors (Lipinski definition) is 6. The minimum absolute atomic E-state index is 0.264. The maximum absolute atomic E-state index is 13.0. The van der Waals surface area contributed by atoms with E-state index in [1.54, 1.807) is 0 Å². The number of unbranched alkanes of at least 4 members (excludes halogenated alkanes) is 1. The number of benzene rings is 2. The van der Waals surface area contributed by atoms with Gasteiger partial charge in [-0.05, 0) is 56.5 Å². The van der Waals surface area contributed by atoms with Gasteiger partial charge in [0.2, 0.25) is 0 Å². The van der Waals surface area contributed by atoms with E-state index < -0.39 is 28.2 Å². The summed E-state index contributed by atoms with van der Waals surface area (Å²) in [5, 5.41) is 12.9. The van der Waals surface area contributed by atoms with E-state index in [0.29, 0.717) is 18.7 Å². The highest BCUT2D eigenvalue weighted by Gasteiger charge is 2.06. The van der Waals surface area contributed by atoms with Crippen molar-refractivity contribution in [3.63, 3.8) is 0 Å². The van der Waals surface area contributed by atoms with Gasteiger partial charge in [0.25, 0.3) is 0 Å². The third-order valence-corrected chi connectivity index (χ3v) is 3.68. The van der Waals surface area contributed by atoms with E-state index in [4.69, 9.17) is 17.9 Å². The molecule has 0 amide bonds. The molecular formula is C19H24F2N2O4S. The second-order valence-corrected chi connectivity index (χ2v) is 6.53. The second kappa shape index (κ2) is 12.8. The molecule has 9 heteroatoms. The van der Waals surface area contributed by atoms with E-state index in [1.807, 2.05) is 31.2 Å². The van der Waals surface area contributed by atoms with Gasteiger partial charge in [-0.1, -0.05) is 17.7 Å². The zero-order valence-electron chi connectivity index (χ0n) is 15.5. The van der Waals surface area contributed by atoms with E-state index in [0.717, 1.165) is 36.3 Å². The van der Waals surface area contributed by atoms with Gasteiger partial charge in [-0.15, -0.1) is 0 Å². The average Bonchev–Trinajstić information content (AvgIpc) is 2.63. The first-order valence-corrected chi connectivity index (χ1v) is 9.72. The third-order valence-electron chi connectivity index (χ3n) is 3.68. The van der Waals surface area contributed by atoms with Crippen molar-refractivity contribution < 1.29 is 27.0 Å². The van der Waals surface area contributed by atoms with Gasteiger partial charge < -0.3 is 15.2 Å². The van der Waals surface area contributed by atoms with Crippen molar-refractivity contribution in [1.82, 2.24) is 0 Å². The molecular weight excluding hydrogens is 390 g/mol. The Labute approximate surface area is 164 Å². The molecule has 0 spiro atoms. The molecule has 0 aliphatic heterocycles. The summed E-state index contributed by atoms with van der Waals surface area (Å²) in [7, 11) is -2.61. The predicted molar refractivity (Wildman–Crippen MR) is 103 cm³/mol. The van der Waals surface area contributed by atoms with Crippen LogP contribution in [0.1, 0.15) is 24.8 Å². The number of aliphatic hydroxyl groups excluding tert-OH is 1. The zero-order chi connectivity index (χ0) is 20.9. The molecule has 6 nitrogen and oxygen atoms in total. The van der Waals surface area contributed by atoms with Gasteiger partial charge in [0.05, 0.1) is 6.10 Å². The Kier molecular flexibility index (Phi) is 10.7. The Bertz CT molecular complexity index is 824. The Morgan fingerprint density at radius 1 is 1.11 bits per heavy atom. The summed E-state index contributed by atoms with van der Waals surface area (Å²) >= 11 is 0. The molecule has 28 heavy (non-hydrogen) atoms. The minimum Gasteiger partial charge on any atom is -0.491 e. The quantitative estimate of drug-likeness (QED) is 0.540. The fraction of sp³-hybridized carbons (Fsp3) is 0.368. The number of aryl methyl sites for hydroxylation is 1. The average molecular weight is 414 g/mol. The van der Waals surface area contributed by atoms with Crippen molar-refractivity contribution in [2.24, 2.45) is 0 Å². The molecule has 1 atom stereocenters. The largest absolute Gasteiger partial charge is 0.491 e. The molecule has 2 rings (SSSR count). The lowest BCUT2D eigenvalue weighted by molar-refractivity contribution is 0.0979. The fourth-order valence-electron chi connectivity index (χ4n) is 2.25. The topological polar surface area (TPSA) is 99.5 Å². The van der Waals surface area contributed by atoms with Gasteiger partial charge in [-0.2, -0.15) is 13.2 Å². The summed E-state index contributed by atoms with van der Waals surface area (Å²) in [5.74, 6) is -0.958. The first-order valence-electron chi connectivity index (χ1n) is 8.65. The zero-order valence-corrected chi connectivity index (χ0v) is 16.3. The first-order chi connectivity index (χ1) is 13.3. The van der Waals surface area contributed by atoms with Crippen molar-refractivity contribution in [2.75, 3.05) is 18.5 Å². The van der Waals surface area contributed by atoms with Crippen LogP contribution in [0.3, 0.4) is 0 Å². The molecule has 2 aromatic rings. The van der Waals surface area contributed by atoms with Crippen LogP contribution in [0, 0.1) is 23.3 Å². The number of halogens is 2. The number of aliphatic hydroxyl groups is 1. The summed E-state index contributed by atoms with van der Waals surface area (Å²) < 4.78 is 54.2.